The van der Waals surface area contributed by atoms with Crippen LogP contribution in [-0.2, 0) is 4.79 Å². The Morgan fingerprint density at radius 2 is 2.14 bits per heavy atom. The molecule has 1 aliphatic carbocycles. The highest BCUT2D eigenvalue weighted by Gasteiger charge is 2.28. The van der Waals surface area contributed by atoms with Crippen molar-refractivity contribution in [3.05, 3.63) is 33.3 Å². The Kier molecular flexibility index (Phi) is 5.40. The maximum Gasteiger partial charge on any atom is 0.289 e. The first kappa shape index (κ1) is 16.7. The van der Waals surface area contributed by atoms with Gasteiger partial charge in [-0.2, -0.15) is 0 Å². The van der Waals surface area contributed by atoms with E-state index in [-0.39, 0.29) is 16.6 Å². The van der Waals surface area contributed by atoms with E-state index in [1.807, 2.05) is 0 Å². The molecule has 0 N–H and O–H groups in total. The number of nitro groups is 1. The van der Waals surface area contributed by atoms with Crippen LogP contribution in [0.4, 0.5) is 11.4 Å². The van der Waals surface area contributed by atoms with E-state index in [1.54, 1.807) is 11.0 Å². The number of nitro benzene ring substituents is 1. The maximum atomic E-state index is 12.5. The van der Waals surface area contributed by atoms with Crippen molar-refractivity contribution in [2.24, 2.45) is 11.8 Å². The van der Waals surface area contributed by atoms with Gasteiger partial charge >= 0.3 is 0 Å². The molecule has 6 heteroatoms. The van der Waals surface area contributed by atoms with Gasteiger partial charge in [0.05, 0.1) is 10.6 Å². The minimum atomic E-state index is -0.514. The summed E-state index contributed by atoms with van der Waals surface area (Å²) in [7, 11) is 0. The molecule has 0 saturated heterocycles. The molecule has 120 valence electrons. The predicted octanol–water partition coefficient (Wildman–Crippen LogP) is 4.43. The first-order valence-electron chi connectivity index (χ1n) is 7.62. The first-order valence-corrected chi connectivity index (χ1v) is 8.00. The quantitative estimate of drug-likeness (QED) is 0.550. The molecule has 1 amide bonds. The zero-order chi connectivity index (χ0) is 16.3. The minimum Gasteiger partial charge on any atom is -0.312 e. The fourth-order valence-corrected chi connectivity index (χ4v) is 2.45. The summed E-state index contributed by atoms with van der Waals surface area (Å²) in [6.07, 6.45) is 3.50. The molecule has 2 rings (SSSR count). The van der Waals surface area contributed by atoms with Crippen LogP contribution in [0, 0.1) is 22.0 Å². The number of hydrogen-bond acceptors (Lipinski definition) is 3. The number of halogens is 1. The van der Waals surface area contributed by atoms with Gasteiger partial charge in [0.25, 0.3) is 5.69 Å². The van der Waals surface area contributed by atoms with Crippen LogP contribution < -0.4 is 4.90 Å². The van der Waals surface area contributed by atoms with Gasteiger partial charge in [-0.25, -0.2) is 0 Å². The van der Waals surface area contributed by atoms with E-state index in [9.17, 15) is 14.9 Å². The molecule has 0 atom stereocenters. The molecule has 0 aromatic heterocycles. The number of carbonyl (C=O) groups excluding carboxylic acids is 1. The van der Waals surface area contributed by atoms with Crippen molar-refractivity contribution in [1.82, 2.24) is 0 Å². The molecule has 5 nitrogen and oxygen atoms in total. The lowest BCUT2D eigenvalue weighted by Gasteiger charge is -2.23. The molecule has 0 spiro atoms. The lowest BCUT2D eigenvalue weighted by Crippen LogP contribution is -2.33. The summed E-state index contributed by atoms with van der Waals surface area (Å²) in [6.45, 7) is 4.78. The molecule has 0 heterocycles. The van der Waals surface area contributed by atoms with Crippen LogP contribution in [0.5, 0.6) is 0 Å². The number of rotatable bonds is 7. The van der Waals surface area contributed by atoms with Crippen LogP contribution in [0.1, 0.15) is 39.5 Å². The lowest BCUT2D eigenvalue weighted by molar-refractivity contribution is -0.384. The summed E-state index contributed by atoms with van der Waals surface area (Å²) in [5.74, 6) is 0.987. The van der Waals surface area contributed by atoms with Crippen LogP contribution in [0.25, 0.3) is 0 Å². The Morgan fingerprint density at radius 1 is 1.45 bits per heavy atom. The van der Waals surface area contributed by atoms with Gasteiger partial charge in [0.15, 0.2) is 0 Å². The summed E-state index contributed by atoms with van der Waals surface area (Å²) in [5, 5.41) is 11.1. The summed E-state index contributed by atoms with van der Waals surface area (Å²) in [4.78, 5) is 24.7. The van der Waals surface area contributed by atoms with Crippen molar-refractivity contribution in [3.8, 4) is 0 Å². The fourth-order valence-electron chi connectivity index (χ4n) is 2.27. The molecule has 1 aromatic rings. The van der Waals surface area contributed by atoms with Gasteiger partial charge in [-0.15, -0.1) is 0 Å². The van der Waals surface area contributed by atoms with E-state index in [2.05, 4.69) is 13.8 Å². The Labute approximate surface area is 135 Å². The molecule has 0 bridgehead atoms. The lowest BCUT2D eigenvalue weighted by atomic mass is 10.1. The summed E-state index contributed by atoms with van der Waals surface area (Å²) in [5.41, 5.74) is 0.411. The van der Waals surface area contributed by atoms with Gasteiger partial charge < -0.3 is 4.90 Å². The van der Waals surface area contributed by atoms with Gasteiger partial charge in [-0.05, 0) is 43.2 Å². The standard InChI is InChI=1S/C16H21ClN2O3/c1-11(2)3-8-16(20)18(10-12-4-5-12)13-6-7-14(17)15(9-13)19(21)22/h6-7,9,11-12H,3-5,8,10H2,1-2H3. The largest absolute Gasteiger partial charge is 0.312 e. The molecule has 1 saturated carbocycles. The van der Waals surface area contributed by atoms with E-state index < -0.39 is 4.92 Å². The monoisotopic (exact) mass is 324 g/mol. The molecule has 1 fully saturated rings. The Balaban J connectivity index is 2.22. The second kappa shape index (κ2) is 7.09. The SMILES string of the molecule is CC(C)CCC(=O)N(CC1CC1)c1ccc(Cl)c([N+](=O)[O-])c1. The van der Waals surface area contributed by atoms with Crippen LogP contribution >= 0.6 is 11.6 Å². The highest BCUT2D eigenvalue weighted by Crippen LogP contribution is 2.34. The summed E-state index contributed by atoms with van der Waals surface area (Å²) in [6, 6.07) is 4.58. The van der Waals surface area contributed by atoms with Crippen molar-refractivity contribution in [1.29, 1.82) is 0 Å². The number of nitrogens with zero attached hydrogens (tertiary/aromatic N) is 2. The van der Waals surface area contributed by atoms with Gasteiger partial charge in [-0.3, -0.25) is 14.9 Å². The average Bonchev–Trinajstić information content (AvgIpc) is 3.26. The van der Waals surface area contributed by atoms with Crippen LogP contribution in [0.3, 0.4) is 0 Å². The number of hydrogen-bond donors (Lipinski definition) is 0. The van der Waals surface area contributed by atoms with Crippen molar-refractivity contribution < 1.29 is 9.72 Å². The van der Waals surface area contributed by atoms with Crippen molar-refractivity contribution >= 4 is 28.9 Å². The normalized spacial score (nSPS) is 14.2. The molecule has 0 radical (unpaired) electrons. The zero-order valence-electron chi connectivity index (χ0n) is 12.9. The highest BCUT2D eigenvalue weighted by atomic mass is 35.5. The Hall–Kier alpha value is -1.62. The third-order valence-electron chi connectivity index (χ3n) is 3.81. The molecule has 0 aliphatic heterocycles. The number of benzene rings is 1. The second-order valence-electron chi connectivity index (χ2n) is 6.27. The van der Waals surface area contributed by atoms with Crippen molar-refractivity contribution in [2.75, 3.05) is 11.4 Å². The van der Waals surface area contributed by atoms with Crippen LogP contribution in [0.2, 0.25) is 5.02 Å². The van der Waals surface area contributed by atoms with Crippen molar-refractivity contribution in [3.63, 3.8) is 0 Å². The van der Waals surface area contributed by atoms with E-state index >= 15 is 0 Å². The molecular weight excluding hydrogens is 304 g/mol. The molecule has 22 heavy (non-hydrogen) atoms. The predicted molar refractivity (Wildman–Crippen MR) is 87.3 cm³/mol. The van der Waals surface area contributed by atoms with E-state index in [1.165, 1.54) is 12.1 Å². The summed E-state index contributed by atoms with van der Waals surface area (Å²) < 4.78 is 0. The molecule has 1 aliphatic rings. The molecule has 0 unspecified atom stereocenters. The van der Waals surface area contributed by atoms with Crippen LogP contribution in [-0.4, -0.2) is 17.4 Å². The van der Waals surface area contributed by atoms with E-state index in [0.29, 0.717) is 30.5 Å². The average molecular weight is 325 g/mol. The second-order valence-corrected chi connectivity index (χ2v) is 6.68. The molecule has 1 aromatic carbocycles. The maximum absolute atomic E-state index is 12.5. The van der Waals surface area contributed by atoms with Gasteiger partial charge in [0, 0.05) is 19.0 Å². The van der Waals surface area contributed by atoms with E-state index in [0.717, 1.165) is 19.3 Å². The van der Waals surface area contributed by atoms with Gasteiger partial charge in [0.1, 0.15) is 5.02 Å². The number of anilines is 1. The smallest absolute Gasteiger partial charge is 0.289 e. The Bertz CT molecular complexity index is 571. The highest BCUT2D eigenvalue weighted by molar-refractivity contribution is 6.32. The van der Waals surface area contributed by atoms with Crippen LogP contribution in [0.15, 0.2) is 18.2 Å². The molecular formula is C16H21ClN2O3. The Morgan fingerprint density at radius 3 is 2.68 bits per heavy atom. The first-order chi connectivity index (χ1) is 10.4. The zero-order valence-corrected chi connectivity index (χ0v) is 13.7. The topological polar surface area (TPSA) is 63.5 Å². The van der Waals surface area contributed by atoms with Crippen molar-refractivity contribution in [2.45, 2.75) is 39.5 Å². The number of carbonyl (C=O) groups is 1. The minimum absolute atomic E-state index is 0.0252. The van der Waals surface area contributed by atoms with E-state index in [4.69, 9.17) is 11.6 Å². The third kappa shape index (κ3) is 4.44. The van der Waals surface area contributed by atoms with Gasteiger partial charge in [-0.1, -0.05) is 25.4 Å². The summed E-state index contributed by atoms with van der Waals surface area (Å²) >= 11 is 5.85. The number of amides is 1. The fraction of sp³-hybridized carbons (Fsp3) is 0.562. The van der Waals surface area contributed by atoms with Gasteiger partial charge in [0.2, 0.25) is 5.91 Å². The third-order valence-corrected chi connectivity index (χ3v) is 4.13.